The van der Waals surface area contributed by atoms with Crippen molar-refractivity contribution in [2.75, 3.05) is 82.2 Å². The van der Waals surface area contributed by atoms with Gasteiger partial charge in [0.25, 0.3) is 0 Å². The molecule has 3 atom stereocenters. The molecule has 0 fully saturated rings. The third-order valence-electron chi connectivity index (χ3n) is 11.1. The molecule has 6 aromatic carbocycles. The van der Waals surface area contributed by atoms with Crippen molar-refractivity contribution in [1.82, 2.24) is 0 Å². The number of esters is 3. The van der Waals surface area contributed by atoms with Crippen molar-refractivity contribution in [3.8, 4) is 17.2 Å². The van der Waals surface area contributed by atoms with Crippen molar-refractivity contribution < 1.29 is 66.6 Å². The average Bonchev–Trinajstić information content (AvgIpc) is 3.43. The molecule has 0 unspecified atom stereocenters. The Balaban J connectivity index is 0.000000246. The van der Waals surface area contributed by atoms with Crippen LogP contribution in [0.2, 0.25) is 0 Å². The van der Waals surface area contributed by atoms with E-state index in [0.717, 1.165) is 60.7 Å². The minimum Gasteiger partial charge on any atom is -0.497 e. The summed E-state index contributed by atoms with van der Waals surface area (Å²) >= 11 is 0. The van der Waals surface area contributed by atoms with E-state index in [1.807, 2.05) is 97.1 Å². The lowest BCUT2D eigenvalue weighted by molar-refractivity contribution is -0.146. The first kappa shape index (κ1) is 45.2. The first-order valence-corrected chi connectivity index (χ1v) is 22.8. The number of fused-ring (bicyclic) bond motifs is 3. The second-order valence-electron chi connectivity index (χ2n) is 15.8. The summed E-state index contributed by atoms with van der Waals surface area (Å²) in [6, 6.07) is 34.3. The number of carbonyl (C=O) groups is 3. The summed E-state index contributed by atoms with van der Waals surface area (Å²) in [5, 5.41) is 6.02. The Morgan fingerprint density at radius 1 is 0.406 bits per heavy atom. The van der Waals surface area contributed by atoms with E-state index in [-0.39, 0.29) is 62.9 Å². The Morgan fingerprint density at radius 2 is 0.696 bits per heavy atom. The Hall–Kier alpha value is -6.21. The maximum atomic E-state index is 12.3. The monoisotopic (exact) mass is 956 g/mol. The van der Waals surface area contributed by atoms with Gasteiger partial charge in [-0.1, -0.05) is 72.8 Å². The predicted octanol–water partition coefficient (Wildman–Crippen LogP) is 11.8. The Labute approximate surface area is 418 Å². The van der Waals surface area contributed by atoms with E-state index < -0.39 is 31.5 Å². The van der Waals surface area contributed by atoms with Crippen molar-refractivity contribution in [3.05, 3.63) is 126 Å². The number of hydrogen-bond donors (Lipinski definition) is 0. The molecule has 0 spiro atoms. The van der Waals surface area contributed by atoms with Crippen LogP contribution < -0.4 is 14.2 Å². The number of ether oxygens (including phenoxy) is 9. The third-order valence-corrected chi connectivity index (χ3v) is 11.1. The molecule has 0 radical (unpaired) electrons. The zero-order valence-corrected chi connectivity index (χ0v) is 41.3. The highest BCUT2D eigenvalue weighted by Crippen LogP contribution is 2.29. The van der Waals surface area contributed by atoms with E-state index in [0.29, 0.717) is 24.8 Å². The second kappa shape index (κ2) is 30.3. The normalized spacial score (nSPS) is 14.7. The number of rotatable bonds is 24. The van der Waals surface area contributed by atoms with Gasteiger partial charge in [-0.3, -0.25) is 14.4 Å². The van der Waals surface area contributed by atoms with Gasteiger partial charge in [-0.15, -0.1) is 0 Å². The fraction of sp³-hybridized carbons (Fsp3) is 0.421. The lowest BCUT2D eigenvalue weighted by Crippen LogP contribution is -2.14. The number of benzene rings is 6. The molecule has 0 aromatic heterocycles. The fourth-order valence-electron chi connectivity index (χ4n) is 6.86. The molecule has 0 heterocycles. The van der Waals surface area contributed by atoms with Crippen LogP contribution in [0.25, 0.3) is 32.3 Å². The number of hydrogen-bond acceptors (Lipinski definition) is 12. The van der Waals surface area contributed by atoms with Crippen LogP contribution in [0, 0.1) is 0 Å². The van der Waals surface area contributed by atoms with E-state index in [9.17, 15) is 14.4 Å². The first-order valence-electron chi connectivity index (χ1n) is 26.3. The standard InChI is InChI=1S/3C19H24O4/c3*1-14(19(20)23-11-5-4-10-21-2)15-6-7-17-13-18(22-3)9-8-16(17)12-15/h3*6-9,12-14H,4-5,10-11H2,1-3H3/t3*14-/m000/s1/i10D2,14D;2*10D2. The maximum absolute atomic E-state index is 12.3. The third kappa shape index (κ3) is 18.0. The lowest BCUT2D eigenvalue weighted by Gasteiger charge is -2.13. The van der Waals surface area contributed by atoms with E-state index >= 15 is 0 Å². The van der Waals surface area contributed by atoms with Crippen LogP contribution in [0.5, 0.6) is 17.2 Å². The molecular formula is C57H72O12. The number of carbonyl (C=O) groups excluding carboxylic acids is 3. The minimum atomic E-state index is -1.74. The topological polar surface area (TPSA) is 134 Å². The largest absolute Gasteiger partial charge is 0.497 e. The molecule has 6 rings (SSSR count). The Kier molecular flexibility index (Phi) is 19.9. The van der Waals surface area contributed by atoms with Gasteiger partial charge in [0, 0.05) is 42.4 Å². The van der Waals surface area contributed by atoms with Gasteiger partial charge in [-0.05, 0) is 145 Å². The highest BCUT2D eigenvalue weighted by Gasteiger charge is 2.19. The van der Waals surface area contributed by atoms with Crippen LogP contribution in [0.3, 0.4) is 0 Å². The van der Waals surface area contributed by atoms with Crippen molar-refractivity contribution in [1.29, 1.82) is 0 Å². The molecule has 0 saturated carbocycles. The van der Waals surface area contributed by atoms with E-state index in [1.54, 1.807) is 47.3 Å². The van der Waals surface area contributed by atoms with Crippen LogP contribution in [0.1, 0.15) is 103 Å². The molecule has 0 aliphatic heterocycles. The minimum absolute atomic E-state index is 0.0426. The molecule has 6 aromatic rings. The van der Waals surface area contributed by atoms with Crippen molar-refractivity contribution in [3.63, 3.8) is 0 Å². The molecule has 12 heteroatoms. The summed E-state index contributed by atoms with van der Waals surface area (Å²) in [6.07, 6.45) is 1.63. The molecule has 0 bridgehead atoms. The van der Waals surface area contributed by atoms with Crippen LogP contribution in [0.4, 0.5) is 0 Å². The zero-order valence-electron chi connectivity index (χ0n) is 48.3. The zero-order chi connectivity index (χ0) is 56.3. The first-order chi connectivity index (χ1) is 35.9. The summed E-state index contributed by atoms with van der Waals surface area (Å²) in [5.74, 6) is -1.27. The molecule has 0 N–H and O–H groups in total. The molecule has 0 aliphatic carbocycles. The van der Waals surface area contributed by atoms with Crippen molar-refractivity contribution in [2.24, 2.45) is 0 Å². The van der Waals surface area contributed by atoms with Gasteiger partial charge in [0.05, 0.1) is 67.1 Å². The Bertz CT molecular complexity index is 2720. The van der Waals surface area contributed by atoms with Gasteiger partial charge in [-0.25, -0.2) is 0 Å². The van der Waals surface area contributed by atoms with Crippen molar-refractivity contribution >= 4 is 50.2 Å². The molecular weight excluding hydrogens is 877 g/mol. The van der Waals surface area contributed by atoms with Gasteiger partial charge in [0.1, 0.15) is 17.2 Å². The molecule has 0 aliphatic rings. The van der Waals surface area contributed by atoms with Crippen LogP contribution in [-0.4, -0.2) is 100 Å². The molecule has 0 amide bonds. The molecule has 69 heavy (non-hydrogen) atoms. The predicted molar refractivity (Wildman–Crippen MR) is 273 cm³/mol. The lowest BCUT2D eigenvalue weighted by atomic mass is 9.98. The molecule has 0 saturated heterocycles. The van der Waals surface area contributed by atoms with Gasteiger partial charge >= 0.3 is 17.9 Å². The van der Waals surface area contributed by atoms with Crippen LogP contribution in [-0.2, 0) is 42.8 Å². The average molecular weight is 956 g/mol. The van der Waals surface area contributed by atoms with Gasteiger partial charge in [0.15, 0.2) is 0 Å². The smallest absolute Gasteiger partial charge is 0.313 e. The van der Waals surface area contributed by atoms with Gasteiger partial charge in [-0.2, -0.15) is 0 Å². The molecule has 12 nitrogen and oxygen atoms in total. The van der Waals surface area contributed by atoms with E-state index in [4.69, 9.17) is 47.5 Å². The SMILES string of the molecule is [2H]C([2H])(CCCOC(=O)[C@@H](C)c1ccc2cc(OC)ccc2c1)OC.[2H]C([2H])(CCCOC(=O)[C@@H](C)c1ccc2cc(OC)ccc2c1)OC.[2H]C([2H])(CCCOC(=O)[C@@]([2H])(C)c1ccc2cc(OC)ccc2c1)OC. The van der Waals surface area contributed by atoms with E-state index in [1.165, 1.54) is 28.3 Å². The van der Waals surface area contributed by atoms with Gasteiger partial charge < -0.3 is 42.6 Å². The Morgan fingerprint density at radius 3 is 1.03 bits per heavy atom. The summed E-state index contributed by atoms with van der Waals surface area (Å²) in [4.78, 5) is 36.8. The van der Waals surface area contributed by atoms with Crippen LogP contribution >= 0.6 is 0 Å². The summed E-state index contributed by atoms with van der Waals surface area (Å²) in [7, 11) is 8.80. The summed E-state index contributed by atoms with van der Waals surface area (Å²) in [5.41, 5.74) is 2.30. The van der Waals surface area contributed by atoms with Gasteiger partial charge in [0.2, 0.25) is 0 Å². The maximum Gasteiger partial charge on any atom is 0.313 e. The fourth-order valence-corrected chi connectivity index (χ4v) is 6.86. The quantitative estimate of drug-likeness (QED) is 0.0325. The summed E-state index contributed by atoms with van der Waals surface area (Å²) < 4.78 is 98.7. The highest BCUT2D eigenvalue weighted by atomic mass is 16.5. The van der Waals surface area contributed by atoms with Crippen molar-refractivity contribution in [2.45, 2.75) is 77.0 Å². The van der Waals surface area contributed by atoms with E-state index in [2.05, 4.69) is 4.74 Å². The second-order valence-corrected chi connectivity index (χ2v) is 15.8. The number of methoxy groups -OCH3 is 6. The highest BCUT2D eigenvalue weighted by molar-refractivity contribution is 5.89. The van der Waals surface area contributed by atoms with Crippen LogP contribution in [0.15, 0.2) is 109 Å². The molecule has 372 valence electrons. The summed E-state index contributed by atoms with van der Waals surface area (Å²) in [6.45, 7) is 0.400.